The second kappa shape index (κ2) is 5.01. The van der Waals surface area contributed by atoms with Crippen LogP contribution in [0.5, 0.6) is 5.88 Å². The summed E-state index contributed by atoms with van der Waals surface area (Å²) in [6.45, 7) is 2.16. The number of nitrogens with zero attached hydrogens (tertiary/aromatic N) is 2. The van der Waals surface area contributed by atoms with Crippen molar-refractivity contribution < 1.29 is 14.3 Å². The summed E-state index contributed by atoms with van der Waals surface area (Å²) in [5.74, 6) is -0.517. The molecule has 0 atom stereocenters. The van der Waals surface area contributed by atoms with Crippen LogP contribution in [0.2, 0.25) is 0 Å². The lowest BCUT2D eigenvalue weighted by molar-refractivity contribution is -0.114. The Balaban J connectivity index is 2.01. The molecular formula is C16H14N2O3. The van der Waals surface area contributed by atoms with Crippen LogP contribution in [-0.2, 0) is 11.3 Å². The molecule has 0 saturated heterocycles. The van der Waals surface area contributed by atoms with Crippen LogP contribution in [0.15, 0.2) is 36.5 Å². The average Bonchev–Trinajstić information content (AvgIpc) is 2.73. The summed E-state index contributed by atoms with van der Waals surface area (Å²) >= 11 is 0. The third-order valence-corrected chi connectivity index (χ3v) is 3.50. The normalized spacial score (nSPS) is 13.5. The highest BCUT2D eigenvalue weighted by Gasteiger charge is 2.36. The van der Waals surface area contributed by atoms with Gasteiger partial charge in [-0.25, -0.2) is 4.98 Å². The van der Waals surface area contributed by atoms with Crippen LogP contribution in [0.1, 0.15) is 21.5 Å². The smallest absolute Gasteiger partial charge is 0.299 e. The maximum Gasteiger partial charge on any atom is 0.299 e. The van der Waals surface area contributed by atoms with Crippen molar-refractivity contribution in [2.24, 2.45) is 0 Å². The number of rotatable bonds is 3. The van der Waals surface area contributed by atoms with Crippen molar-refractivity contribution in [1.82, 2.24) is 4.98 Å². The number of carbonyl (C=O) groups excluding carboxylic acids is 2. The zero-order valence-electron chi connectivity index (χ0n) is 11.8. The van der Waals surface area contributed by atoms with Gasteiger partial charge in [0.15, 0.2) is 0 Å². The van der Waals surface area contributed by atoms with E-state index in [9.17, 15) is 9.59 Å². The minimum Gasteiger partial charge on any atom is -0.481 e. The number of hydrogen-bond acceptors (Lipinski definition) is 4. The third-order valence-electron chi connectivity index (χ3n) is 3.50. The molecule has 5 heteroatoms. The first-order valence-corrected chi connectivity index (χ1v) is 6.56. The molecule has 2 heterocycles. The largest absolute Gasteiger partial charge is 0.481 e. The number of ether oxygens (including phenoxy) is 1. The van der Waals surface area contributed by atoms with Gasteiger partial charge in [-0.2, -0.15) is 0 Å². The molecule has 2 aromatic rings. The van der Waals surface area contributed by atoms with Gasteiger partial charge in [-0.15, -0.1) is 0 Å². The van der Waals surface area contributed by atoms with Crippen molar-refractivity contribution in [1.29, 1.82) is 0 Å². The molecule has 1 aromatic carbocycles. The SMILES string of the molecule is COc1ncccc1CN1C(=O)C(=O)c2cc(C)ccc21. The molecule has 1 aliphatic heterocycles. The van der Waals surface area contributed by atoms with E-state index in [-0.39, 0.29) is 6.54 Å². The fourth-order valence-electron chi connectivity index (χ4n) is 2.47. The Morgan fingerprint density at radius 3 is 2.81 bits per heavy atom. The number of methoxy groups -OCH3 is 1. The highest BCUT2D eigenvalue weighted by molar-refractivity contribution is 6.52. The maximum absolute atomic E-state index is 12.2. The number of carbonyl (C=O) groups is 2. The van der Waals surface area contributed by atoms with Gasteiger partial charge < -0.3 is 9.64 Å². The van der Waals surface area contributed by atoms with Crippen LogP contribution in [-0.4, -0.2) is 23.8 Å². The van der Waals surface area contributed by atoms with Crippen LogP contribution in [0.3, 0.4) is 0 Å². The molecule has 1 amide bonds. The van der Waals surface area contributed by atoms with Gasteiger partial charge >= 0.3 is 0 Å². The lowest BCUT2D eigenvalue weighted by atomic mass is 10.1. The quantitative estimate of drug-likeness (QED) is 0.809. The fourth-order valence-corrected chi connectivity index (χ4v) is 2.47. The van der Waals surface area contributed by atoms with Crippen molar-refractivity contribution in [2.45, 2.75) is 13.5 Å². The number of fused-ring (bicyclic) bond motifs is 1. The van der Waals surface area contributed by atoms with E-state index in [1.165, 1.54) is 12.0 Å². The minimum absolute atomic E-state index is 0.262. The fraction of sp³-hybridized carbons (Fsp3) is 0.188. The topological polar surface area (TPSA) is 59.5 Å². The highest BCUT2D eigenvalue weighted by Crippen LogP contribution is 2.32. The Labute approximate surface area is 122 Å². The van der Waals surface area contributed by atoms with Gasteiger partial charge in [0.25, 0.3) is 11.7 Å². The first kappa shape index (κ1) is 13.3. The number of amides is 1. The summed E-state index contributed by atoms with van der Waals surface area (Å²) in [6, 6.07) is 9.04. The second-order valence-corrected chi connectivity index (χ2v) is 4.91. The summed E-state index contributed by atoms with van der Waals surface area (Å²) in [5, 5.41) is 0. The minimum atomic E-state index is -0.512. The second-order valence-electron chi connectivity index (χ2n) is 4.91. The monoisotopic (exact) mass is 282 g/mol. The van der Waals surface area contributed by atoms with Crippen LogP contribution in [0.25, 0.3) is 0 Å². The molecule has 21 heavy (non-hydrogen) atoms. The molecular weight excluding hydrogens is 268 g/mol. The number of hydrogen-bond donors (Lipinski definition) is 0. The number of anilines is 1. The number of ketones is 1. The standard InChI is InChI=1S/C16H14N2O3/c1-10-5-6-13-12(8-10)14(19)16(20)18(13)9-11-4-3-7-17-15(11)21-2/h3-8H,9H2,1-2H3. The van der Waals surface area contributed by atoms with Gasteiger partial charge in [0.2, 0.25) is 5.88 Å². The first-order valence-electron chi connectivity index (χ1n) is 6.56. The van der Waals surface area contributed by atoms with Crippen LogP contribution < -0.4 is 9.64 Å². The Hall–Kier alpha value is -2.69. The Morgan fingerprint density at radius 2 is 2.05 bits per heavy atom. The molecule has 0 saturated carbocycles. The molecule has 0 spiro atoms. The lowest BCUT2D eigenvalue weighted by Gasteiger charge is -2.17. The average molecular weight is 282 g/mol. The van der Waals surface area contributed by atoms with E-state index in [2.05, 4.69) is 4.98 Å². The highest BCUT2D eigenvalue weighted by atomic mass is 16.5. The molecule has 0 bridgehead atoms. The van der Waals surface area contributed by atoms with Gasteiger partial charge in [0.1, 0.15) is 0 Å². The van der Waals surface area contributed by atoms with Crippen LogP contribution in [0, 0.1) is 6.92 Å². The molecule has 0 unspecified atom stereocenters. The predicted octanol–water partition coefficient (Wildman–Crippen LogP) is 2.13. The van der Waals surface area contributed by atoms with Crippen LogP contribution >= 0.6 is 0 Å². The molecule has 0 fully saturated rings. The Morgan fingerprint density at radius 1 is 1.24 bits per heavy atom. The van der Waals surface area contributed by atoms with E-state index in [0.29, 0.717) is 17.1 Å². The molecule has 3 rings (SSSR count). The van der Waals surface area contributed by atoms with Gasteiger partial charge in [0, 0.05) is 11.8 Å². The Bertz CT molecular complexity index is 740. The van der Waals surface area contributed by atoms with E-state index >= 15 is 0 Å². The molecule has 0 aliphatic carbocycles. The van der Waals surface area contributed by atoms with Crippen molar-refractivity contribution in [3.8, 4) is 5.88 Å². The first-order chi connectivity index (χ1) is 10.1. The Kier molecular flexibility index (Phi) is 3.17. The lowest BCUT2D eigenvalue weighted by Crippen LogP contribution is -2.29. The number of benzene rings is 1. The summed E-state index contributed by atoms with van der Waals surface area (Å²) in [5.41, 5.74) is 2.81. The zero-order valence-corrected chi connectivity index (χ0v) is 11.8. The van der Waals surface area contributed by atoms with Crippen molar-refractivity contribution in [3.05, 3.63) is 53.2 Å². The van der Waals surface area contributed by atoms with Gasteiger partial charge in [-0.1, -0.05) is 17.7 Å². The maximum atomic E-state index is 12.2. The number of Topliss-reactive ketones (excluding diaryl/α,β-unsaturated/α-hetero) is 1. The summed E-state index contributed by atoms with van der Waals surface area (Å²) < 4.78 is 5.19. The summed E-state index contributed by atoms with van der Waals surface area (Å²) in [4.78, 5) is 29.8. The zero-order chi connectivity index (χ0) is 15.0. The van der Waals surface area contributed by atoms with E-state index in [1.807, 2.05) is 19.1 Å². The number of aryl methyl sites for hydroxylation is 1. The molecule has 106 valence electrons. The van der Waals surface area contributed by atoms with Crippen LogP contribution in [0.4, 0.5) is 5.69 Å². The van der Waals surface area contributed by atoms with Gasteiger partial charge in [-0.05, 0) is 25.1 Å². The van der Waals surface area contributed by atoms with Gasteiger partial charge in [-0.3, -0.25) is 9.59 Å². The van der Waals surface area contributed by atoms with E-state index in [1.54, 1.807) is 24.4 Å². The number of aromatic nitrogens is 1. The molecule has 0 radical (unpaired) electrons. The third kappa shape index (κ3) is 2.16. The van der Waals surface area contributed by atoms with E-state index in [4.69, 9.17) is 4.74 Å². The van der Waals surface area contributed by atoms with Gasteiger partial charge in [0.05, 0.1) is 24.9 Å². The molecule has 5 nitrogen and oxygen atoms in total. The molecule has 0 N–H and O–H groups in total. The predicted molar refractivity (Wildman–Crippen MR) is 77.5 cm³/mol. The van der Waals surface area contributed by atoms with Crippen molar-refractivity contribution >= 4 is 17.4 Å². The summed E-state index contributed by atoms with van der Waals surface area (Å²) in [6.07, 6.45) is 1.62. The van der Waals surface area contributed by atoms with Crippen molar-refractivity contribution in [2.75, 3.05) is 12.0 Å². The van der Waals surface area contributed by atoms with E-state index < -0.39 is 11.7 Å². The van der Waals surface area contributed by atoms with E-state index in [0.717, 1.165) is 11.1 Å². The summed E-state index contributed by atoms with van der Waals surface area (Å²) in [7, 11) is 1.53. The molecule has 1 aliphatic rings. The van der Waals surface area contributed by atoms with Crippen molar-refractivity contribution in [3.63, 3.8) is 0 Å². The number of pyridine rings is 1. The molecule has 1 aromatic heterocycles.